The predicted octanol–water partition coefficient (Wildman–Crippen LogP) is 4.43. The number of rotatable bonds is 5. The molecule has 3 heterocycles. The van der Waals surface area contributed by atoms with Crippen LogP contribution in [0.4, 0.5) is 10.5 Å². The Kier molecular flexibility index (Phi) is 5.72. The Labute approximate surface area is 203 Å². The molecule has 2 unspecified atom stereocenters. The highest BCUT2D eigenvalue weighted by molar-refractivity contribution is 6.15. The summed E-state index contributed by atoms with van der Waals surface area (Å²) in [6.07, 6.45) is 2.02. The van der Waals surface area contributed by atoms with Crippen molar-refractivity contribution in [3.05, 3.63) is 89.4 Å². The zero-order valence-corrected chi connectivity index (χ0v) is 19.8. The molecule has 2 aliphatic rings. The van der Waals surface area contributed by atoms with Gasteiger partial charge in [0.25, 0.3) is 11.8 Å². The van der Waals surface area contributed by atoms with Crippen LogP contribution in [0.2, 0.25) is 0 Å². The first-order valence-electron chi connectivity index (χ1n) is 11.5. The maximum Gasteiger partial charge on any atom is 0.332 e. The first kappa shape index (κ1) is 22.6. The molecule has 8 nitrogen and oxygen atoms in total. The number of nitrogens with zero attached hydrogens (tertiary/aromatic N) is 4. The average molecular weight is 471 g/mol. The third kappa shape index (κ3) is 4.12. The molecule has 35 heavy (non-hydrogen) atoms. The van der Waals surface area contributed by atoms with Crippen LogP contribution in [0, 0.1) is 13.8 Å². The van der Waals surface area contributed by atoms with Crippen molar-refractivity contribution in [2.24, 2.45) is 5.10 Å². The molecule has 0 radical (unpaired) electrons. The van der Waals surface area contributed by atoms with Crippen molar-refractivity contribution >= 4 is 29.2 Å². The van der Waals surface area contributed by atoms with Crippen molar-refractivity contribution in [3.8, 4) is 0 Å². The Hall–Kier alpha value is -4.20. The van der Waals surface area contributed by atoms with E-state index in [4.69, 9.17) is 4.42 Å². The summed E-state index contributed by atoms with van der Waals surface area (Å²) in [6, 6.07) is 17.2. The van der Waals surface area contributed by atoms with Gasteiger partial charge in [-0.15, -0.1) is 0 Å². The fourth-order valence-corrected chi connectivity index (χ4v) is 4.48. The van der Waals surface area contributed by atoms with Crippen molar-refractivity contribution < 1.29 is 18.8 Å². The zero-order valence-electron chi connectivity index (χ0n) is 19.8. The lowest BCUT2D eigenvalue weighted by molar-refractivity contribution is -0.138. The van der Waals surface area contributed by atoms with Gasteiger partial charge in [0.05, 0.1) is 12.0 Å². The van der Waals surface area contributed by atoms with E-state index in [1.165, 1.54) is 9.91 Å². The van der Waals surface area contributed by atoms with Gasteiger partial charge in [0.1, 0.15) is 24.4 Å². The van der Waals surface area contributed by atoms with Crippen molar-refractivity contribution in [2.45, 2.75) is 39.3 Å². The van der Waals surface area contributed by atoms with Gasteiger partial charge in [0, 0.05) is 12.1 Å². The summed E-state index contributed by atoms with van der Waals surface area (Å²) in [4.78, 5) is 42.0. The summed E-state index contributed by atoms with van der Waals surface area (Å²) >= 11 is 0. The third-order valence-electron chi connectivity index (χ3n) is 6.48. The molecule has 8 heteroatoms. The van der Waals surface area contributed by atoms with Crippen LogP contribution in [0.3, 0.4) is 0 Å². The van der Waals surface area contributed by atoms with Crippen LogP contribution in [0.5, 0.6) is 0 Å². The van der Waals surface area contributed by atoms with Gasteiger partial charge in [-0.05, 0) is 50.6 Å². The lowest BCUT2D eigenvalue weighted by atomic mass is 10.0. The van der Waals surface area contributed by atoms with E-state index < -0.39 is 36.5 Å². The van der Waals surface area contributed by atoms with E-state index in [9.17, 15) is 14.4 Å². The number of carbonyl (C=O) groups is 3. The van der Waals surface area contributed by atoms with Crippen molar-refractivity contribution in [3.63, 3.8) is 0 Å². The summed E-state index contributed by atoms with van der Waals surface area (Å²) < 4.78 is 5.59. The van der Waals surface area contributed by atoms with Crippen LogP contribution in [0.25, 0.3) is 0 Å². The highest BCUT2D eigenvalue weighted by atomic mass is 16.3. The number of benzene rings is 2. The number of aryl methyl sites for hydroxylation is 2. The minimum atomic E-state index is -0.705. The van der Waals surface area contributed by atoms with Crippen LogP contribution in [0.15, 0.2) is 76.4 Å². The Morgan fingerprint density at radius 1 is 1.00 bits per heavy atom. The average Bonchev–Trinajstić information content (AvgIpc) is 3.57. The summed E-state index contributed by atoms with van der Waals surface area (Å²) in [5.74, 6) is -0.272. The maximum atomic E-state index is 13.4. The predicted molar refractivity (Wildman–Crippen MR) is 131 cm³/mol. The molecule has 0 saturated carbocycles. The summed E-state index contributed by atoms with van der Waals surface area (Å²) in [5.41, 5.74) is 4.45. The molecule has 3 aromatic rings. The minimum absolute atomic E-state index is 0.397. The Bertz CT molecular complexity index is 1300. The summed E-state index contributed by atoms with van der Waals surface area (Å²) in [7, 11) is 0. The lowest BCUT2D eigenvalue weighted by Crippen LogP contribution is -2.42. The Morgan fingerprint density at radius 2 is 1.66 bits per heavy atom. The maximum absolute atomic E-state index is 13.4. The van der Waals surface area contributed by atoms with Gasteiger partial charge in [0.2, 0.25) is 0 Å². The van der Waals surface area contributed by atoms with Gasteiger partial charge in [-0.2, -0.15) is 5.10 Å². The second-order valence-corrected chi connectivity index (χ2v) is 8.97. The lowest BCUT2D eigenvalue weighted by Gasteiger charge is -2.22. The molecule has 1 saturated heterocycles. The molecule has 4 amide bonds. The normalized spacial score (nSPS) is 20.1. The molecule has 2 atom stereocenters. The van der Waals surface area contributed by atoms with E-state index in [0.717, 1.165) is 27.3 Å². The van der Waals surface area contributed by atoms with Crippen molar-refractivity contribution in [1.82, 2.24) is 9.91 Å². The fraction of sp³-hybridized carbons (Fsp3) is 0.259. The monoisotopic (exact) mass is 470 g/mol. The molecule has 0 bridgehead atoms. The molecule has 1 aromatic heterocycles. The van der Waals surface area contributed by atoms with E-state index in [0.29, 0.717) is 17.9 Å². The molecule has 178 valence electrons. The van der Waals surface area contributed by atoms with Crippen molar-refractivity contribution in [2.75, 3.05) is 11.4 Å². The molecular weight excluding hydrogens is 444 g/mol. The highest BCUT2D eigenvalue weighted by Crippen LogP contribution is 2.34. The van der Waals surface area contributed by atoms with E-state index >= 15 is 0 Å². The van der Waals surface area contributed by atoms with E-state index in [1.54, 1.807) is 37.5 Å². The number of hydrogen-bond acceptors (Lipinski definition) is 5. The van der Waals surface area contributed by atoms with Crippen LogP contribution >= 0.6 is 0 Å². The molecular formula is C27H26N4O4. The quantitative estimate of drug-likeness (QED) is 0.516. The first-order chi connectivity index (χ1) is 16.8. The topological polar surface area (TPSA) is 86.4 Å². The number of hydrogen-bond donors (Lipinski definition) is 0. The van der Waals surface area contributed by atoms with Crippen LogP contribution in [0.1, 0.15) is 41.8 Å². The molecule has 0 N–H and O–H groups in total. The molecule has 2 aliphatic heterocycles. The fourth-order valence-electron chi connectivity index (χ4n) is 4.48. The molecule has 0 aliphatic carbocycles. The summed E-state index contributed by atoms with van der Waals surface area (Å²) in [5, 5.41) is 5.94. The van der Waals surface area contributed by atoms with Crippen LogP contribution in [-0.2, 0) is 9.59 Å². The van der Waals surface area contributed by atoms with Crippen molar-refractivity contribution in [1.29, 1.82) is 0 Å². The SMILES string of the molecule is Cc1ccc(C2=NN(C(=O)CN3C(=O)C(C)N(c4ccc(C)cc4)C3=O)C(c3ccco3)C2)cc1. The van der Waals surface area contributed by atoms with Gasteiger partial charge in [-0.25, -0.2) is 9.80 Å². The molecule has 1 fully saturated rings. The van der Waals surface area contributed by atoms with E-state index in [-0.39, 0.29) is 0 Å². The molecule has 5 rings (SSSR count). The number of amides is 4. The highest BCUT2D eigenvalue weighted by Gasteiger charge is 2.45. The third-order valence-corrected chi connectivity index (χ3v) is 6.48. The smallest absolute Gasteiger partial charge is 0.332 e. The number of urea groups is 1. The number of carbonyl (C=O) groups excluding carboxylic acids is 3. The molecule has 2 aromatic carbocycles. The standard InChI is InChI=1S/C27H26N4O4/c1-17-6-10-20(11-7-17)22-15-23(24-5-4-14-35-24)31(28-22)25(32)16-29-26(33)19(3)30(27(29)34)21-12-8-18(2)9-13-21/h4-14,19,23H,15-16H2,1-3H3. The van der Waals surface area contributed by atoms with Gasteiger partial charge in [-0.3, -0.25) is 19.4 Å². The Morgan fingerprint density at radius 3 is 2.29 bits per heavy atom. The number of furan rings is 1. The van der Waals surface area contributed by atoms with E-state index in [1.807, 2.05) is 50.2 Å². The largest absolute Gasteiger partial charge is 0.467 e. The van der Waals surface area contributed by atoms with Gasteiger partial charge < -0.3 is 4.42 Å². The van der Waals surface area contributed by atoms with Gasteiger partial charge in [-0.1, -0.05) is 47.5 Å². The van der Waals surface area contributed by atoms with E-state index in [2.05, 4.69) is 5.10 Å². The minimum Gasteiger partial charge on any atom is -0.467 e. The van der Waals surface area contributed by atoms with Gasteiger partial charge in [0.15, 0.2) is 0 Å². The Balaban J connectivity index is 1.40. The van der Waals surface area contributed by atoms with Crippen LogP contribution < -0.4 is 4.90 Å². The summed E-state index contributed by atoms with van der Waals surface area (Å²) in [6.45, 7) is 5.23. The number of hydrazone groups is 1. The zero-order chi connectivity index (χ0) is 24.7. The van der Waals surface area contributed by atoms with Gasteiger partial charge >= 0.3 is 6.03 Å². The molecule has 0 spiro atoms. The van der Waals surface area contributed by atoms with Crippen LogP contribution in [-0.4, -0.2) is 46.1 Å². The number of imide groups is 1. The second kappa shape index (κ2) is 8.87. The first-order valence-corrected chi connectivity index (χ1v) is 11.5. The second-order valence-electron chi connectivity index (χ2n) is 8.97. The number of anilines is 1.